The summed E-state index contributed by atoms with van der Waals surface area (Å²) in [5.74, 6) is 1.90. The van der Waals surface area contributed by atoms with E-state index in [0.29, 0.717) is 12.6 Å². The lowest BCUT2D eigenvalue weighted by Gasteiger charge is -1.99. The minimum atomic E-state index is 0.642. The lowest BCUT2D eigenvalue weighted by molar-refractivity contribution is 0.429. The van der Waals surface area contributed by atoms with E-state index in [0.717, 1.165) is 18.1 Å². The fourth-order valence-electron chi connectivity index (χ4n) is 1.61. The Hall–Kier alpha value is -1.62. The number of furan rings is 1. The fraction of sp³-hybridized carbons (Fsp3) is 0.455. The van der Waals surface area contributed by atoms with Gasteiger partial charge in [0.05, 0.1) is 6.54 Å². The lowest BCUT2D eigenvalue weighted by atomic mass is 10.4. The van der Waals surface area contributed by atoms with Crippen molar-refractivity contribution in [1.82, 2.24) is 20.1 Å². The van der Waals surface area contributed by atoms with Crippen LogP contribution in [0.3, 0.4) is 0 Å². The normalized spacial score (nSPS) is 15.5. The molecule has 0 unspecified atom stereocenters. The zero-order valence-corrected chi connectivity index (χ0v) is 8.97. The van der Waals surface area contributed by atoms with Gasteiger partial charge in [-0.1, -0.05) is 0 Å². The molecule has 0 atom stereocenters. The first-order valence-corrected chi connectivity index (χ1v) is 5.53. The van der Waals surface area contributed by atoms with Gasteiger partial charge in [-0.3, -0.25) is 0 Å². The second-order valence-corrected chi connectivity index (χ2v) is 4.12. The molecule has 0 saturated heterocycles. The van der Waals surface area contributed by atoms with Crippen LogP contribution in [0.2, 0.25) is 0 Å². The van der Waals surface area contributed by atoms with Crippen LogP contribution in [-0.2, 0) is 13.1 Å². The third kappa shape index (κ3) is 2.30. The number of rotatable bonds is 5. The van der Waals surface area contributed by atoms with Crippen molar-refractivity contribution in [1.29, 1.82) is 0 Å². The predicted molar refractivity (Wildman–Crippen MR) is 57.7 cm³/mol. The van der Waals surface area contributed by atoms with Crippen molar-refractivity contribution in [2.24, 2.45) is 0 Å². The minimum absolute atomic E-state index is 0.642. The molecule has 2 aromatic rings. The van der Waals surface area contributed by atoms with Gasteiger partial charge in [-0.15, -0.1) is 0 Å². The predicted octanol–water partition coefficient (Wildman–Crippen LogP) is 1.17. The van der Waals surface area contributed by atoms with E-state index >= 15 is 0 Å². The highest BCUT2D eigenvalue weighted by molar-refractivity contribution is 5.07. The number of aromatic nitrogens is 3. The average Bonchev–Trinajstić information content (AvgIpc) is 2.78. The molecular weight excluding hydrogens is 204 g/mol. The van der Waals surface area contributed by atoms with E-state index in [-0.39, 0.29) is 0 Å². The van der Waals surface area contributed by atoms with E-state index in [2.05, 4.69) is 15.4 Å². The molecule has 0 aromatic carbocycles. The van der Waals surface area contributed by atoms with Crippen LogP contribution in [0.15, 0.2) is 29.2 Å². The van der Waals surface area contributed by atoms with Crippen molar-refractivity contribution in [3.8, 4) is 0 Å². The van der Waals surface area contributed by atoms with Crippen LogP contribution in [0, 0.1) is 0 Å². The van der Waals surface area contributed by atoms with Gasteiger partial charge in [0.15, 0.2) is 0 Å². The van der Waals surface area contributed by atoms with Gasteiger partial charge in [-0.25, -0.2) is 9.67 Å². The van der Waals surface area contributed by atoms with E-state index < -0.39 is 0 Å². The number of hydrogen-bond acceptors (Lipinski definition) is 4. The maximum atomic E-state index is 5.68. The van der Waals surface area contributed by atoms with Crippen molar-refractivity contribution in [2.45, 2.75) is 32.0 Å². The molecular formula is C11H14N4O. The first kappa shape index (κ1) is 9.59. The molecule has 0 radical (unpaired) electrons. The molecule has 0 amide bonds. The van der Waals surface area contributed by atoms with Crippen molar-refractivity contribution in [3.05, 3.63) is 36.3 Å². The summed E-state index contributed by atoms with van der Waals surface area (Å²) >= 11 is 0. The van der Waals surface area contributed by atoms with Gasteiger partial charge in [0.2, 0.25) is 0 Å². The maximum Gasteiger partial charge on any atom is 0.137 e. The Kier molecular flexibility index (Phi) is 2.46. The van der Waals surface area contributed by atoms with Gasteiger partial charge in [-0.2, -0.15) is 5.10 Å². The molecule has 84 valence electrons. The summed E-state index contributed by atoms with van der Waals surface area (Å²) in [7, 11) is 0. The first-order chi connectivity index (χ1) is 7.90. The molecule has 5 nitrogen and oxygen atoms in total. The largest absolute Gasteiger partial charge is 0.463 e. The zero-order chi connectivity index (χ0) is 10.8. The molecule has 0 bridgehead atoms. The van der Waals surface area contributed by atoms with E-state index in [1.54, 1.807) is 11.0 Å². The van der Waals surface area contributed by atoms with Gasteiger partial charge in [-0.05, 0) is 25.0 Å². The molecule has 16 heavy (non-hydrogen) atoms. The van der Waals surface area contributed by atoms with Crippen LogP contribution in [0.5, 0.6) is 0 Å². The average molecular weight is 218 g/mol. The van der Waals surface area contributed by atoms with Crippen LogP contribution in [-0.4, -0.2) is 20.8 Å². The minimum Gasteiger partial charge on any atom is -0.463 e. The second kappa shape index (κ2) is 4.09. The highest BCUT2D eigenvalue weighted by Gasteiger charge is 2.20. The van der Waals surface area contributed by atoms with Gasteiger partial charge < -0.3 is 9.73 Å². The maximum absolute atomic E-state index is 5.68. The molecule has 1 aliphatic carbocycles. The van der Waals surface area contributed by atoms with E-state index in [1.807, 2.05) is 12.1 Å². The monoisotopic (exact) mass is 218 g/mol. The lowest BCUT2D eigenvalue weighted by Crippen LogP contribution is -2.14. The van der Waals surface area contributed by atoms with Crippen LogP contribution in [0.25, 0.3) is 0 Å². The zero-order valence-electron chi connectivity index (χ0n) is 8.97. The second-order valence-electron chi connectivity index (χ2n) is 4.12. The summed E-state index contributed by atoms with van der Waals surface area (Å²) in [6.07, 6.45) is 5.81. The summed E-state index contributed by atoms with van der Waals surface area (Å²) in [6, 6.07) is 4.72. The molecule has 1 aliphatic rings. The van der Waals surface area contributed by atoms with Gasteiger partial charge in [0, 0.05) is 6.04 Å². The quantitative estimate of drug-likeness (QED) is 0.818. The molecule has 2 heterocycles. The Balaban J connectivity index is 1.58. The van der Waals surface area contributed by atoms with Crippen LogP contribution < -0.4 is 5.32 Å². The molecule has 0 spiro atoms. The van der Waals surface area contributed by atoms with Gasteiger partial charge in [0.1, 0.15) is 30.7 Å². The Labute approximate surface area is 93.5 Å². The van der Waals surface area contributed by atoms with Crippen molar-refractivity contribution in [2.75, 3.05) is 0 Å². The van der Waals surface area contributed by atoms with E-state index in [1.165, 1.54) is 19.2 Å². The van der Waals surface area contributed by atoms with E-state index in [9.17, 15) is 0 Å². The third-order valence-corrected chi connectivity index (χ3v) is 2.64. The summed E-state index contributed by atoms with van der Waals surface area (Å²) in [4.78, 5) is 3.89. The summed E-state index contributed by atoms with van der Waals surface area (Å²) < 4.78 is 7.43. The first-order valence-electron chi connectivity index (χ1n) is 5.53. The summed E-state index contributed by atoms with van der Waals surface area (Å²) in [5, 5.41) is 7.45. The van der Waals surface area contributed by atoms with Crippen molar-refractivity contribution in [3.63, 3.8) is 0 Å². The third-order valence-electron chi connectivity index (χ3n) is 2.64. The topological polar surface area (TPSA) is 55.9 Å². The Morgan fingerprint density at radius 2 is 2.25 bits per heavy atom. The highest BCUT2D eigenvalue weighted by atomic mass is 16.3. The smallest absolute Gasteiger partial charge is 0.137 e. The molecule has 1 saturated carbocycles. The van der Waals surface area contributed by atoms with Gasteiger partial charge in [0.25, 0.3) is 0 Å². The standard InChI is InChI=1S/C11H14N4O/c1-2-9(1)13-5-10-3-4-11(16-10)6-15-8-12-7-14-15/h3-4,7-9,13H,1-2,5-6H2. The molecule has 0 aliphatic heterocycles. The molecule has 1 fully saturated rings. The molecule has 3 rings (SSSR count). The Morgan fingerprint density at radius 1 is 1.38 bits per heavy atom. The van der Waals surface area contributed by atoms with Crippen LogP contribution >= 0.6 is 0 Å². The van der Waals surface area contributed by atoms with Crippen molar-refractivity contribution >= 4 is 0 Å². The highest BCUT2D eigenvalue weighted by Crippen LogP contribution is 2.19. The van der Waals surface area contributed by atoms with Crippen molar-refractivity contribution < 1.29 is 4.42 Å². The Morgan fingerprint density at radius 3 is 3.00 bits per heavy atom. The molecule has 2 aromatic heterocycles. The number of nitrogens with zero attached hydrogens (tertiary/aromatic N) is 3. The number of hydrogen-bond donors (Lipinski definition) is 1. The fourth-order valence-corrected chi connectivity index (χ4v) is 1.61. The number of nitrogens with one attached hydrogen (secondary N) is 1. The van der Waals surface area contributed by atoms with Crippen LogP contribution in [0.4, 0.5) is 0 Å². The molecule has 5 heteroatoms. The van der Waals surface area contributed by atoms with Gasteiger partial charge >= 0.3 is 0 Å². The summed E-state index contributed by atoms with van der Waals surface area (Å²) in [5.41, 5.74) is 0. The van der Waals surface area contributed by atoms with E-state index in [4.69, 9.17) is 4.42 Å². The van der Waals surface area contributed by atoms with Crippen LogP contribution in [0.1, 0.15) is 24.4 Å². The summed E-state index contributed by atoms with van der Waals surface area (Å²) in [6.45, 7) is 1.46. The molecule has 1 N–H and O–H groups in total. The SMILES string of the molecule is c1ncn(Cc2ccc(CNC3CC3)o2)n1. The Bertz CT molecular complexity index is 444.